The van der Waals surface area contributed by atoms with Crippen LogP contribution in [0.5, 0.6) is 0 Å². The number of nitrogens with zero attached hydrogens (tertiary/aromatic N) is 2. The van der Waals surface area contributed by atoms with Crippen LogP contribution in [0, 0.1) is 0 Å². The van der Waals surface area contributed by atoms with Gasteiger partial charge in [0.2, 0.25) is 0 Å². The number of pyridine rings is 1. The Kier molecular flexibility index (Phi) is 3.28. The van der Waals surface area contributed by atoms with Gasteiger partial charge in [-0.2, -0.15) is 5.10 Å². The van der Waals surface area contributed by atoms with Gasteiger partial charge in [0.15, 0.2) is 0 Å². The van der Waals surface area contributed by atoms with Gasteiger partial charge in [-0.25, -0.2) is 0 Å². The van der Waals surface area contributed by atoms with E-state index in [1.165, 1.54) is 5.56 Å². The second kappa shape index (κ2) is 5.07. The molecule has 0 aliphatic heterocycles. The van der Waals surface area contributed by atoms with Crippen molar-refractivity contribution in [3.63, 3.8) is 0 Å². The minimum Gasteiger partial charge on any atom is -0.323 e. The van der Waals surface area contributed by atoms with Gasteiger partial charge in [-0.05, 0) is 17.7 Å². The number of aromatic nitrogens is 1. The average molecular weight is 211 g/mol. The molecule has 2 N–H and O–H groups in total. The maximum Gasteiger partial charge on any atom is 0.0900 e. The van der Waals surface area contributed by atoms with Crippen LogP contribution in [-0.2, 0) is 6.42 Å². The molecule has 3 heteroatoms. The fourth-order valence-electron chi connectivity index (χ4n) is 1.53. The summed E-state index contributed by atoms with van der Waals surface area (Å²) in [4.78, 5) is 4.24. The van der Waals surface area contributed by atoms with Crippen molar-refractivity contribution in [3.05, 3.63) is 66.0 Å². The largest absolute Gasteiger partial charge is 0.323 e. The Morgan fingerprint density at radius 3 is 2.44 bits per heavy atom. The molecule has 1 heterocycles. The lowest BCUT2D eigenvalue weighted by atomic mass is 10.1. The second-order valence-corrected chi connectivity index (χ2v) is 3.45. The Bertz CT molecular complexity index is 463. The SMILES string of the molecule is N/N=C(\Cc1ccccc1)c1ccccn1. The van der Waals surface area contributed by atoms with E-state index in [4.69, 9.17) is 5.84 Å². The summed E-state index contributed by atoms with van der Waals surface area (Å²) in [6.07, 6.45) is 2.44. The maximum atomic E-state index is 5.40. The quantitative estimate of drug-likeness (QED) is 0.479. The molecule has 0 saturated carbocycles. The monoisotopic (exact) mass is 211 g/mol. The molecule has 1 aromatic carbocycles. The number of nitrogens with two attached hydrogens (primary N) is 1. The van der Waals surface area contributed by atoms with Crippen LogP contribution in [0.2, 0.25) is 0 Å². The Morgan fingerprint density at radius 1 is 1.06 bits per heavy atom. The standard InChI is InChI=1S/C13H13N3/c14-16-13(12-8-4-5-9-15-12)10-11-6-2-1-3-7-11/h1-9H,10,14H2/b16-13+. The van der Waals surface area contributed by atoms with Crippen LogP contribution in [0.25, 0.3) is 0 Å². The molecule has 2 rings (SSSR count). The highest BCUT2D eigenvalue weighted by Crippen LogP contribution is 2.05. The fraction of sp³-hybridized carbons (Fsp3) is 0.0769. The lowest BCUT2D eigenvalue weighted by molar-refractivity contribution is 1.16. The highest BCUT2D eigenvalue weighted by atomic mass is 15.1. The van der Waals surface area contributed by atoms with Crippen LogP contribution in [0.15, 0.2) is 59.8 Å². The molecule has 0 unspecified atom stereocenters. The summed E-state index contributed by atoms with van der Waals surface area (Å²) < 4.78 is 0. The zero-order chi connectivity index (χ0) is 11.2. The van der Waals surface area contributed by atoms with Crippen molar-refractivity contribution in [3.8, 4) is 0 Å². The third kappa shape index (κ3) is 2.45. The van der Waals surface area contributed by atoms with Crippen molar-refractivity contribution in [1.29, 1.82) is 0 Å². The first-order valence-electron chi connectivity index (χ1n) is 5.12. The number of hydrogen-bond donors (Lipinski definition) is 1. The molecule has 16 heavy (non-hydrogen) atoms. The van der Waals surface area contributed by atoms with Gasteiger partial charge in [0.05, 0.1) is 11.4 Å². The summed E-state index contributed by atoms with van der Waals surface area (Å²) in [5, 5.41) is 3.81. The molecule has 0 atom stereocenters. The molecule has 0 aliphatic carbocycles. The first-order chi connectivity index (χ1) is 7.90. The van der Waals surface area contributed by atoms with Gasteiger partial charge in [0, 0.05) is 12.6 Å². The van der Waals surface area contributed by atoms with Gasteiger partial charge in [-0.1, -0.05) is 36.4 Å². The highest BCUT2D eigenvalue weighted by molar-refractivity contribution is 6.00. The first-order valence-corrected chi connectivity index (χ1v) is 5.12. The molecule has 0 fully saturated rings. The van der Waals surface area contributed by atoms with E-state index in [-0.39, 0.29) is 0 Å². The maximum absolute atomic E-state index is 5.40. The summed E-state index contributed by atoms with van der Waals surface area (Å²) in [6.45, 7) is 0. The predicted octanol–water partition coefficient (Wildman–Crippen LogP) is 1.99. The van der Waals surface area contributed by atoms with E-state index in [9.17, 15) is 0 Å². The van der Waals surface area contributed by atoms with Gasteiger partial charge < -0.3 is 5.84 Å². The molecule has 1 aromatic heterocycles. The second-order valence-electron chi connectivity index (χ2n) is 3.45. The zero-order valence-corrected chi connectivity index (χ0v) is 8.88. The van der Waals surface area contributed by atoms with Gasteiger partial charge in [-0.3, -0.25) is 4.98 Å². The van der Waals surface area contributed by atoms with E-state index in [2.05, 4.69) is 10.1 Å². The normalized spacial score (nSPS) is 11.4. The average Bonchev–Trinajstić information content (AvgIpc) is 2.38. The Hall–Kier alpha value is -2.16. The molecule has 0 aliphatic rings. The van der Waals surface area contributed by atoms with Gasteiger partial charge >= 0.3 is 0 Å². The minimum absolute atomic E-state index is 0.703. The Labute approximate surface area is 94.6 Å². The molecule has 80 valence electrons. The Morgan fingerprint density at radius 2 is 1.81 bits per heavy atom. The van der Waals surface area contributed by atoms with E-state index in [1.54, 1.807) is 6.20 Å². The van der Waals surface area contributed by atoms with Gasteiger partial charge in [-0.15, -0.1) is 0 Å². The first kappa shape index (κ1) is 10.4. The molecular formula is C13H13N3. The molecular weight excluding hydrogens is 198 g/mol. The van der Waals surface area contributed by atoms with E-state index in [0.29, 0.717) is 6.42 Å². The van der Waals surface area contributed by atoms with Crippen LogP contribution < -0.4 is 5.84 Å². The van der Waals surface area contributed by atoms with Crippen molar-refractivity contribution < 1.29 is 0 Å². The number of rotatable bonds is 3. The number of hydrazone groups is 1. The fourth-order valence-corrected chi connectivity index (χ4v) is 1.53. The number of hydrogen-bond acceptors (Lipinski definition) is 3. The van der Waals surface area contributed by atoms with Crippen LogP contribution in [0.3, 0.4) is 0 Å². The van der Waals surface area contributed by atoms with Gasteiger partial charge in [0.25, 0.3) is 0 Å². The minimum atomic E-state index is 0.703. The summed E-state index contributed by atoms with van der Waals surface area (Å²) in [6, 6.07) is 15.8. The molecule has 0 spiro atoms. The molecule has 3 nitrogen and oxygen atoms in total. The van der Waals surface area contributed by atoms with E-state index >= 15 is 0 Å². The lowest BCUT2D eigenvalue weighted by Crippen LogP contribution is -2.09. The Balaban J connectivity index is 2.20. The number of benzene rings is 1. The lowest BCUT2D eigenvalue weighted by Gasteiger charge is -2.04. The van der Waals surface area contributed by atoms with Crippen molar-refractivity contribution >= 4 is 5.71 Å². The van der Waals surface area contributed by atoms with Gasteiger partial charge in [0.1, 0.15) is 0 Å². The molecule has 0 radical (unpaired) electrons. The van der Waals surface area contributed by atoms with Crippen LogP contribution in [0.4, 0.5) is 0 Å². The summed E-state index contributed by atoms with van der Waals surface area (Å²) in [7, 11) is 0. The van der Waals surface area contributed by atoms with Crippen LogP contribution >= 0.6 is 0 Å². The van der Waals surface area contributed by atoms with E-state index in [0.717, 1.165) is 11.4 Å². The van der Waals surface area contributed by atoms with Crippen LogP contribution in [0.1, 0.15) is 11.3 Å². The predicted molar refractivity (Wildman–Crippen MR) is 65.1 cm³/mol. The summed E-state index contributed by atoms with van der Waals surface area (Å²) in [5.41, 5.74) is 2.80. The third-order valence-corrected chi connectivity index (χ3v) is 2.33. The van der Waals surface area contributed by atoms with E-state index < -0.39 is 0 Å². The summed E-state index contributed by atoms with van der Waals surface area (Å²) in [5.74, 6) is 5.40. The highest BCUT2D eigenvalue weighted by Gasteiger charge is 2.05. The van der Waals surface area contributed by atoms with Crippen LogP contribution in [-0.4, -0.2) is 10.7 Å². The molecule has 0 amide bonds. The van der Waals surface area contributed by atoms with E-state index in [1.807, 2.05) is 48.5 Å². The molecule has 2 aromatic rings. The third-order valence-electron chi connectivity index (χ3n) is 2.33. The summed E-state index contributed by atoms with van der Waals surface area (Å²) >= 11 is 0. The molecule has 0 bridgehead atoms. The molecule has 0 saturated heterocycles. The van der Waals surface area contributed by atoms with Crippen molar-refractivity contribution in [2.45, 2.75) is 6.42 Å². The smallest absolute Gasteiger partial charge is 0.0900 e. The van der Waals surface area contributed by atoms with Crippen molar-refractivity contribution in [2.24, 2.45) is 10.9 Å². The van der Waals surface area contributed by atoms with Crippen molar-refractivity contribution in [2.75, 3.05) is 0 Å². The topological polar surface area (TPSA) is 51.3 Å². The zero-order valence-electron chi connectivity index (χ0n) is 8.88. The van der Waals surface area contributed by atoms with Crippen molar-refractivity contribution in [1.82, 2.24) is 4.98 Å².